The van der Waals surface area contributed by atoms with Gasteiger partial charge in [0.1, 0.15) is 0 Å². The summed E-state index contributed by atoms with van der Waals surface area (Å²) in [5.41, 5.74) is 0. The Morgan fingerprint density at radius 1 is 0.350 bits per heavy atom. The molecule has 0 aliphatic carbocycles. The molecule has 0 fully saturated rings. The third kappa shape index (κ3) is 17.5. The molecule has 0 spiro atoms. The molecule has 0 unspecified atom stereocenters. The first-order valence-corrected chi connectivity index (χ1v) is 9.13. The fraction of sp³-hybridized carbons (Fsp3) is 0.800. The largest absolute Gasteiger partial charge is 0.103 e. The van der Waals surface area contributed by atoms with Crippen LogP contribution in [0.1, 0.15) is 103 Å². The lowest BCUT2D eigenvalue weighted by atomic mass is 10.0. The van der Waals surface area contributed by atoms with E-state index in [1.54, 1.807) is 0 Å². The van der Waals surface area contributed by atoms with Gasteiger partial charge in [-0.15, -0.1) is 13.2 Å². The molecule has 0 radical (unpaired) electrons. The molecule has 0 aromatic heterocycles. The molecule has 0 heterocycles. The zero-order chi connectivity index (χ0) is 14.7. The number of hydrogen-bond acceptors (Lipinski definition) is 0. The Labute approximate surface area is 128 Å². The Morgan fingerprint density at radius 3 is 0.750 bits per heavy atom. The maximum absolute atomic E-state index is 3.76. The quantitative estimate of drug-likeness (QED) is 0.190. The fourth-order valence-corrected chi connectivity index (χ4v) is 2.70. The van der Waals surface area contributed by atoms with Crippen LogP contribution in [0.3, 0.4) is 0 Å². The maximum Gasteiger partial charge on any atom is -0.0353 e. The summed E-state index contributed by atoms with van der Waals surface area (Å²) in [6.07, 6.45) is 26.5. The van der Waals surface area contributed by atoms with E-state index in [0.29, 0.717) is 0 Å². The van der Waals surface area contributed by atoms with Crippen molar-refractivity contribution in [3.05, 3.63) is 25.3 Å². The van der Waals surface area contributed by atoms with E-state index in [2.05, 4.69) is 13.2 Å². The van der Waals surface area contributed by atoms with Gasteiger partial charge in [-0.3, -0.25) is 0 Å². The first-order chi connectivity index (χ1) is 9.91. The molecule has 0 aliphatic heterocycles. The highest BCUT2D eigenvalue weighted by Gasteiger charge is 1.93. The minimum atomic E-state index is 1.20. The van der Waals surface area contributed by atoms with Crippen LogP contribution in [0.15, 0.2) is 25.3 Å². The Kier molecular flexibility index (Phi) is 18.0. The van der Waals surface area contributed by atoms with Gasteiger partial charge < -0.3 is 0 Å². The van der Waals surface area contributed by atoms with Crippen molar-refractivity contribution in [2.24, 2.45) is 0 Å². The molecule has 0 nitrogen and oxygen atoms in total. The number of hydrogen-bond donors (Lipinski definition) is 0. The number of unbranched alkanes of at least 4 members (excludes halogenated alkanes) is 15. The van der Waals surface area contributed by atoms with Crippen molar-refractivity contribution in [2.75, 3.05) is 0 Å². The number of rotatable bonds is 17. The highest BCUT2D eigenvalue weighted by Crippen LogP contribution is 2.13. The first kappa shape index (κ1) is 19.5. The van der Waals surface area contributed by atoms with E-state index in [1.165, 1.54) is 103 Å². The predicted octanol–water partition coefficient (Wildman–Crippen LogP) is 7.60. The van der Waals surface area contributed by atoms with E-state index >= 15 is 0 Å². The topological polar surface area (TPSA) is 0 Å². The lowest BCUT2D eigenvalue weighted by Gasteiger charge is -2.03. The second kappa shape index (κ2) is 18.5. The molecule has 20 heavy (non-hydrogen) atoms. The summed E-state index contributed by atoms with van der Waals surface area (Å²) in [7, 11) is 0. The molecule has 0 aliphatic rings. The highest BCUT2D eigenvalue weighted by molar-refractivity contribution is 4.65. The van der Waals surface area contributed by atoms with Crippen molar-refractivity contribution >= 4 is 0 Å². The van der Waals surface area contributed by atoms with Crippen LogP contribution in [-0.4, -0.2) is 0 Å². The van der Waals surface area contributed by atoms with Crippen molar-refractivity contribution in [2.45, 2.75) is 103 Å². The van der Waals surface area contributed by atoms with Gasteiger partial charge in [-0.1, -0.05) is 89.2 Å². The Morgan fingerprint density at radius 2 is 0.550 bits per heavy atom. The SMILES string of the molecule is C=CCCCCCCCCCCCCCCCCC=C. The molecule has 0 heteroatoms. The Hall–Kier alpha value is -0.520. The van der Waals surface area contributed by atoms with Crippen molar-refractivity contribution in [1.29, 1.82) is 0 Å². The molecule has 0 rings (SSSR count). The normalized spacial score (nSPS) is 10.6. The van der Waals surface area contributed by atoms with Gasteiger partial charge in [0.25, 0.3) is 0 Å². The smallest absolute Gasteiger partial charge is 0.0353 e. The highest BCUT2D eigenvalue weighted by atomic mass is 14.0. The van der Waals surface area contributed by atoms with E-state index in [0.717, 1.165) is 0 Å². The van der Waals surface area contributed by atoms with Crippen molar-refractivity contribution in [1.82, 2.24) is 0 Å². The van der Waals surface area contributed by atoms with Crippen molar-refractivity contribution in [3.63, 3.8) is 0 Å². The van der Waals surface area contributed by atoms with E-state index in [4.69, 9.17) is 0 Å². The fourth-order valence-electron chi connectivity index (χ4n) is 2.70. The van der Waals surface area contributed by atoms with Crippen LogP contribution in [0.2, 0.25) is 0 Å². The van der Waals surface area contributed by atoms with E-state index in [1.807, 2.05) is 12.2 Å². The van der Waals surface area contributed by atoms with Gasteiger partial charge in [0.05, 0.1) is 0 Å². The van der Waals surface area contributed by atoms with Crippen LogP contribution in [0.25, 0.3) is 0 Å². The summed E-state index contributed by atoms with van der Waals surface area (Å²) in [4.78, 5) is 0. The minimum absolute atomic E-state index is 1.20. The van der Waals surface area contributed by atoms with Crippen LogP contribution >= 0.6 is 0 Å². The lowest BCUT2D eigenvalue weighted by Crippen LogP contribution is -1.83. The molecule has 0 bridgehead atoms. The summed E-state index contributed by atoms with van der Waals surface area (Å²) in [6.45, 7) is 7.53. The van der Waals surface area contributed by atoms with Crippen LogP contribution in [0, 0.1) is 0 Å². The van der Waals surface area contributed by atoms with Gasteiger partial charge in [0.15, 0.2) is 0 Å². The zero-order valence-corrected chi connectivity index (χ0v) is 13.9. The van der Waals surface area contributed by atoms with E-state index < -0.39 is 0 Å². The molecular formula is C20H38. The molecule has 0 N–H and O–H groups in total. The maximum atomic E-state index is 3.76. The van der Waals surface area contributed by atoms with Crippen LogP contribution in [0.4, 0.5) is 0 Å². The van der Waals surface area contributed by atoms with E-state index in [9.17, 15) is 0 Å². The summed E-state index contributed by atoms with van der Waals surface area (Å²) in [5, 5.41) is 0. The second-order valence-electron chi connectivity index (χ2n) is 6.10. The Balaban J connectivity index is 2.92. The summed E-state index contributed by atoms with van der Waals surface area (Å²) in [5.74, 6) is 0. The van der Waals surface area contributed by atoms with Gasteiger partial charge in [0.2, 0.25) is 0 Å². The summed E-state index contributed by atoms with van der Waals surface area (Å²) >= 11 is 0. The molecule has 0 saturated heterocycles. The predicted molar refractivity (Wildman–Crippen MR) is 94.3 cm³/mol. The molecule has 0 aromatic rings. The average molecular weight is 279 g/mol. The van der Waals surface area contributed by atoms with Crippen LogP contribution < -0.4 is 0 Å². The van der Waals surface area contributed by atoms with Crippen LogP contribution in [0.5, 0.6) is 0 Å². The monoisotopic (exact) mass is 278 g/mol. The average Bonchev–Trinajstić information content (AvgIpc) is 2.47. The van der Waals surface area contributed by atoms with Crippen LogP contribution in [-0.2, 0) is 0 Å². The van der Waals surface area contributed by atoms with Gasteiger partial charge in [-0.2, -0.15) is 0 Å². The third-order valence-electron chi connectivity index (χ3n) is 4.07. The summed E-state index contributed by atoms with van der Waals surface area (Å²) in [6, 6.07) is 0. The second-order valence-corrected chi connectivity index (χ2v) is 6.10. The molecule has 118 valence electrons. The Bertz CT molecular complexity index is 170. The zero-order valence-electron chi connectivity index (χ0n) is 13.9. The molecule has 0 amide bonds. The van der Waals surface area contributed by atoms with Gasteiger partial charge >= 0.3 is 0 Å². The molecule has 0 saturated carbocycles. The van der Waals surface area contributed by atoms with Crippen molar-refractivity contribution < 1.29 is 0 Å². The van der Waals surface area contributed by atoms with E-state index in [-0.39, 0.29) is 0 Å². The van der Waals surface area contributed by atoms with Crippen molar-refractivity contribution in [3.8, 4) is 0 Å². The molecule has 0 atom stereocenters. The minimum Gasteiger partial charge on any atom is -0.103 e. The standard InChI is InChI=1S/C20H38/c1-3-5-7-9-11-13-15-17-19-20-18-16-14-12-10-8-6-4-2/h3-4H,1-2,5-20H2. The van der Waals surface area contributed by atoms with Gasteiger partial charge in [-0.05, 0) is 25.7 Å². The first-order valence-electron chi connectivity index (χ1n) is 9.13. The van der Waals surface area contributed by atoms with Gasteiger partial charge in [-0.25, -0.2) is 0 Å². The molecule has 0 aromatic carbocycles. The van der Waals surface area contributed by atoms with Gasteiger partial charge in [0, 0.05) is 0 Å². The molecular weight excluding hydrogens is 240 g/mol. The third-order valence-corrected chi connectivity index (χ3v) is 4.07. The summed E-state index contributed by atoms with van der Waals surface area (Å²) < 4.78 is 0. The lowest BCUT2D eigenvalue weighted by molar-refractivity contribution is 0.534. The number of allylic oxidation sites excluding steroid dienone is 2.